The molecule has 1 heterocycles. The first-order chi connectivity index (χ1) is 15.0. The van der Waals surface area contributed by atoms with E-state index in [1.54, 1.807) is 20.8 Å². The largest absolute Gasteiger partial charge is 0.508 e. The van der Waals surface area contributed by atoms with Crippen LogP contribution < -0.4 is 0 Å². The van der Waals surface area contributed by atoms with Crippen molar-refractivity contribution in [1.29, 1.82) is 0 Å². The molecule has 0 unspecified atom stereocenters. The second-order valence-corrected chi connectivity index (χ2v) is 12.0. The molecule has 3 N–H and O–H groups in total. The van der Waals surface area contributed by atoms with Crippen LogP contribution in [0, 0.1) is 11.3 Å². The third-order valence-corrected chi connectivity index (χ3v) is 9.32. The van der Waals surface area contributed by atoms with E-state index >= 15 is 0 Å². The summed E-state index contributed by atoms with van der Waals surface area (Å²) >= 11 is 13.2. The van der Waals surface area contributed by atoms with Gasteiger partial charge in [0.2, 0.25) is 0 Å². The molecule has 180 valence electrons. The highest BCUT2D eigenvalue weighted by Gasteiger charge is 2.62. The van der Waals surface area contributed by atoms with Crippen molar-refractivity contribution in [2.45, 2.75) is 81.4 Å². The molecule has 8 heteroatoms. The number of halogens is 2. The molecule has 1 saturated carbocycles. The van der Waals surface area contributed by atoms with Crippen molar-refractivity contribution < 1.29 is 29.6 Å². The van der Waals surface area contributed by atoms with Crippen molar-refractivity contribution in [3.8, 4) is 11.5 Å². The van der Waals surface area contributed by atoms with E-state index in [4.69, 9.17) is 27.9 Å². The fraction of sp³-hybridized carbons (Fsp3) is 0.600. The maximum Gasteiger partial charge on any atom is 0.200 e. The minimum atomic E-state index is -1.75. The molecular formula is C25H30Cl2O6. The summed E-state index contributed by atoms with van der Waals surface area (Å²) < 4.78 is 6.43. The topological polar surface area (TPSA) is 104 Å². The van der Waals surface area contributed by atoms with Crippen LogP contribution in [0.1, 0.15) is 74.6 Å². The summed E-state index contributed by atoms with van der Waals surface area (Å²) in [5.74, 6) is -2.48. The number of carbonyl (C=O) groups is 2. The molecule has 0 radical (unpaired) electrons. The average Bonchev–Trinajstić information content (AvgIpc) is 2.68. The van der Waals surface area contributed by atoms with Gasteiger partial charge in [-0.05, 0) is 57.4 Å². The second kappa shape index (κ2) is 7.45. The normalized spacial score (nSPS) is 37.2. The highest BCUT2D eigenvalue weighted by Crippen LogP contribution is 2.56. The van der Waals surface area contributed by atoms with Crippen molar-refractivity contribution in [2.24, 2.45) is 11.3 Å². The molecule has 1 aromatic carbocycles. The van der Waals surface area contributed by atoms with Gasteiger partial charge in [-0.2, -0.15) is 0 Å². The lowest BCUT2D eigenvalue weighted by Crippen LogP contribution is -2.63. The quantitative estimate of drug-likeness (QED) is 0.510. The lowest BCUT2D eigenvalue weighted by atomic mass is 9.56. The molecule has 1 aliphatic heterocycles. The molecule has 4 rings (SSSR count). The van der Waals surface area contributed by atoms with E-state index in [0.29, 0.717) is 12.8 Å². The number of ether oxygens (including phenoxy) is 1. The number of fused-ring (bicyclic) bond motifs is 2. The second-order valence-electron chi connectivity index (χ2n) is 11.0. The lowest BCUT2D eigenvalue weighted by molar-refractivity contribution is -0.152. The summed E-state index contributed by atoms with van der Waals surface area (Å²) in [6.07, 6.45) is 2.58. The van der Waals surface area contributed by atoms with Crippen molar-refractivity contribution in [1.82, 2.24) is 0 Å². The van der Waals surface area contributed by atoms with Gasteiger partial charge in [0, 0.05) is 22.6 Å². The summed E-state index contributed by atoms with van der Waals surface area (Å²) in [7, 11) is 0. The number of phenolic OH excluding ortho intramolecular Hbond substituents is 2. The summed E-state index contributed by atoms with van der Waals surface area (Å²) in [6, 6.07) is 2.20. The smallest absolute Gasteiger partial charge is 0.200 e. The molecule has 33 heavy (non-hydrogen) atoms. The van der Waals surface area contributed by atoms with E-state index in [2.05, 4.69) is 0 Å². The Morgan fingerprint density at radius 3 is 2.36 bits per heavy atom. The predicted molar refractivity (Wildman–Crippen MR) is 125 cm³/mol. The van der Waals surface area contributed by atoms with Gasteiger partial charge in [0.25, 0.3) is 0 Å². The molecule has 0 spiro atoms. The Kier molecular flexibility index (Phi) is 5.53. The van der Waals surface area contributed by atoms with Gasteiger partial charge >= 0.3 is 0 Å². The molecule has 3 aliphatic rings. The van der Waals surface area contributed by atoms with Crippen LogP contribution in [0.15, 0.2) is 23.8 Å². The lowest BCUT2D eigenvalue weighted by Gasteiger charge is -2.55. The summed E-state index contributed by atoms with van der Waals surface area (Å²) in [5, 5.41) is 30.9. The van der Waals surface area contributed by atoms with Gasteiger partial charge < -0.3 is 20.1 Å². The van der Waals surface area contributed by atoms with E-state index < -0.39 is 50.8 Å². The number of rotatable bonds is 2. The summed E-state index contributed by atoms with van der Waals surface area (Å²) in [6.45, 7) is 9.09. The van der Waals surface area contributed by atoms with Crippen molar-refractivity contribution in [3.63, 3.8) is 0 Å². The molecule has 0 aromatic heterocycles. The van der Waals surface area contributed by atoms with Gasteiger partial charge in [-0.15, -0.1) is 23.2 Å². The number of carbonyl (C=O) groups excluding carboxylic acids is 2. The minimum absolute atomic E-state index is 0.00444. The number of hydrogen-bond donors (Lipinski definition) is 3. The molecule has 6 nitrogen and oxygen atoms in total. The Labute approximate surface area is 203 Å². The van der Waals surface area contributed by atoms with Gasteiger partial charge in [-0.3, -0.25) is 9.59 Å². The average molecular weight is 497 g/mol. The standard InChI is InChI=1S/C25H30Cl2O6/c1-22(2)16(24(5,32)7-6-17(22)26)11-25-14(10-18(27)23(3,4)33-25)20(30)19-13(21(25)31)8-12(28)9-15(19)29/h8-10,16-18,28-29,32H,6-7,11H2,1-5H3/t16-,17-,18+,24-,25+/m0/s1. The van der Waals surface area contributed by atoms with Crippen LogP contribution in [0.5, 0.6) is 11.5 Å². The predicted octanol–water partition coefficient (Wildman–Crippen LogP) is 4.74. The number of ketones is 2. The Hall–Kier alpha value is -1.60. The fourth-order valence-corrected chi connectivity index (χ4v) is 6.28. The minimum Gasteiger partial charge on any atom is -0.508 e. The number of Topliss-reactive ketones (excluding diaryl/α,β-unsaturated/α-hetero) is 2. The van der Waals surface area contributed by atoms with Crippen LogP contribution in [-0.4, -0.2) is 54.4 Å². The first-order valence-corrected chi connectivity index (χ1v) is 12.0. The van der Waals surface area contributed by atoms with E-state index in [1.165, 1.54) is 12.1 Å². The molecule has 0 amide bonds. The monoisotopic (exact) mass is 496 g/mol. The van der Waals surface area contributed by atoms with E-state index in [-0.39, 0.29) is 34.2 Å². The van der Waals surface area contributed by atoms with Gasteiger partial charge in [0.05, 0.1) is 22.1 Å². The Morgan fingerprint density at radius 1 is 1.09 bits per heavy atom. The van der Waals surface area contributed by atoms with Crippen LogP contribution in [0.2, 0.25) is 0 Å². The van der Waals surface area contributed by atoms with Gasteiger partial charge in [-0.1, -0.05) is 19.9 Å². The number of aromatic hydroxyl groups is 2. The molecule has 1 aromatic rings. The molecular weight excluding hydrogens is 467 g/mol. The highest BCUT2D eigenvalue weighted by molar-refractivity contribution is 6.30. The SMILES string of the molecule is CC1(C)O[C@@]2(C[C@H]3C(C)(C)[C@@H](Cl)CC[C@]3(C)O)C(=O)c3cc(O)cc(O)c3C(=O)C2=C[C@H]1Cl. The number of aliphatic hydroxyl groups is 1. The van der Waals surface area contributed by atoms with E-state index in [9.17, 15) is 24.9 Å². The maximum atomic E-state index is 14.1. The molecule has 5 atom stereocenters. The Balaban J connectivity index is 1.97. The third kappa shape index (κ3) is 3.53. The number of phenols is 2. The number of benzene rings is 1. The van der Waals surface area contributed by atoms with Gasteiger partial charge in [0.1, 0.15) is 11.5 Å². The first-order valence-electron chi connectivity index (χ1n) is 11.1. The summed E-state index contributed by atoms with van der Waals surface area (Å²) in [4.78, 5) is 27.7. The van der Waals surface area contributed by atoms with Crippen molar-refractivity contribution >= 4 is 34.8 Å². The number of hydrogen-bond acceptors (Lipinski definition) is 6. The fourth-order valence-electron chi connectivity index (χ4n) is 5.85. The zero-order chi connectivity index (χ0) is 24.7. The van der Waals surface area contributed by atoms with Crippen molar-refractivity contribution in [3.05, 3.63) is 34.9 Å². The van der Waals surface area contributed by atoms with Crippen LogP contribution >= 0.6 is 23.2 Å². The first kappa shape index (κ1) is 24.5. The van der Waals surface area contributed by atoms with Crippen LogP contribution in [0.25, 0.3) is 0 Å². The van der Waals surface area contributed by atoms with E-state index in [1.807, 2.05) is 13.8 Å². The van der Waals surface area contributed by atoms with Crippen LogP contribution in [0.3, 0.4) is 0 Å². The zero-order valence-corrected chi connectivity index (χ0v) is 20.9. The summed E-state index contributed by atoms with van der Waals surface area (Å²) in [5.41, 5.74) is -4.76. The van der Waals surface area contributed by atoms with Gasteiger partial charge in [0.15, 0.2) is 17.2 Å². The Morgan fingerprint density at radius 2 is 1.73 bits per heavy atom. The van der Waals surface area contributed by atoms with Crippen molar-refractivity contribution in [2.75, 3.05) is 0 Å². The molecule has 0 saturated heterocycles. The zero-order valence-electron chi connectivity index (χ0n) is 19.4. The third-order valence-electron chi connectivity index (χ3n) is 7.89. The number of alkyl halides is 2. The van der Waals surface area contributed by atoms with E-state index in [0.717, 1.165) is 6.07 Å². The van der Waals surface area contributed by atoms with Gasteiger partial charge in [-0.25, -0.2) is 0 Å². The molecule has 0 bridgehead atoms. The Bertz CT molecular complexity index is 1070. The maximum absolute atomic E-state index is 14.1. The highest BCUT2D eigenvalue weighted by atomic mass is 35.5. The van der Waals surface area contributed by atoms with Crippen LogP contribution in [0.4, 0.5) is 0 Å². The van der Waals surface area contributed by atoms with Crippen LogP contribution in [-0.2, 0) is 4.74 Å². The molecule has 2 aliphatic carbocycles. The molecule has 1 fully saturated rings.